The van der Waals surface area contributed by atoms with Crippen LogP contribution in [0, 0.1) is 0 Å². The highest BCUT2D eigenvalue weighted by atomic mass is 35.6. The van der Waals surface area contributed by atoms with Crippen LogP contribution < -0.4 is 0 Å². The monoisotopic (exact) mass is 184 g/mol. The number of rotatable bonds is 0. The maximum atomic E-state index is 7.00. The third kappa shape index (κ3) is 149. The van der Waals surface area contributed by atoms with Crippen LogP contribution in [0.2, 0.25) is 0 Å². The molecule has 46 valence electrons. The molecule has 0 heterocycles. The molecule has 5 heteroatoms. The zero-order valence-corrected chi connectivity index (χ0v) is 6.48. The van der Waals surface area contributed by atoms with Crippen LogP contribution in [-0.2, 0) is 0 Å². The van der Waals surface area contributed by atoms with Gasteiger partial charge < -0.3 is 5.11 Å². The maximum Gasteiger partial charge on any atom is 0.266 e. The lowest BCUT2D eigenvalue weighted by Gasteiger charge is -1.91. The van der Waals surface area contributed by atoms with Gasteiger partial charge in [-0.1, -0.05) is 46.4 Å². The van der Waals surface area contributed by atoms with Gasteiger partial charge in [0.05, 0.1) is 0 Å². The summed E-state index contributed by atoms with van der Waals surface area (Å²) in [7, 11) is 1.00. The molecule has 0 aromatic carbocycles. The van der Waals surface area contributed by atoms with E-state index in [1.807, 2.05) is 0 Å². The van der Waals surface area contributed by atoms with Crippen LogP contribution in [0.1, 0.15) is 0 Å². The van der Waals surface area contributed by atoms with E-state index in [2.05, 4.69) is 0 Å². The predicted molar refractivity (Wildman–Crippen MR) is 34.3 cm³/mol. The average molecular weight is 186 g/mol. The van der Waals surface area contributed by atoms with E-state index in [4.69, 9.17) is 51.5 Å². The van der Waals surface area contributed by atoms with Gasteiger partial charge in [-0.25, -0.2) is 0 Å². The first-order valence-corrected chi connectivity index (χ1v) is 2.72. The van der Waals surface area contributed by atoms with Crippen molar-refractivity contribution >= 4 is 46.4 Å². The van der Waals surface area contributed by atoms with E-state index >= 15 is 0 Å². The molecule has 1 nitrogen and oxygen atoms in total. The number of hydrogen-bond donors (Lipinski definition) is 1. The molecule has 0 radical (unpaired) electrons. The minimum absolute atomic E-state index is 1.00. The Hall–Kier alpha value is 1.12. The summed E-state index contributed by atoms with van der Waals surface area (Å²) in [6.45, 7) is 0. The molecule has 0 amide bonds. The third-order valence-corrected chi connectivity index (χ3v) is 0. The van der Waals surface area contributed by atoms with Crippen LogP contribution in [0.25, 0.3) is 0 Å². The van der Waals surface area contributed by atoms with Crippen LogP contribution in [0.3, 0.4) is 0 Å². The van der Waals surface area contributed by atoms with Crippen LogP contribution in [-0.4, -0.2) is 15.5 Å². The quantitative estimate of drug-likeness (QED) is 0.574. The summed E-state index contributed by atoms with van der Waals surface area (Å²) in [5.41, 5.74) is 0. The topological polar surface area (TPSA) is 20.2 Å². The van der Waals surface area contributed by atoms with Gasteiger partial charge in [0, 0.05) is 7.11 Å². The van der Waals surface area contributed by atoms with Crippen molar-refractivity contribution in [2.45, 2.75) is 3.25 Å². The summed E-state index contributed by atoms with van der Waals surface area (Å²) in [4.78, 5) is 0. The van der Waals surface area contributed by atoms with E-state index in [1.165, 1.54) is 0 Å². The van der Waals surface area contributed by atoms with Crippen molar-refractivity contribution < 1.29 is 5.11 Å². The average Bonchev–Trinajstić information content (AvgIpc) is 1.36. The molecule has 0 rings (SSSR count). The minimum atomic E-state index is -1.61. The zero-order valence-electron chi connectivity index (χ0n) is 3.46. The molecule has 0 aromatic heterocycles. The lowest BCUT2D eigenvalue weighted by Crippen LogP contribution is -1.81. The number of halogens is 4. The Morgan fingerprint density at radius 1 is 1.00 bits per heavy atom. The van der Waals surface area contributed by atoms with Gasteiger partial charge in [-0.3, -0.25) is 0 Å². The highest BCUT2D eigenvalue weighted by Crippen LogP contribution is 2.29. The molecule has 0 spiro atoms. The highest BCUT2D eigenvalue weighted by molar-refractivity contribution is 6.83. The molecule has 0 fully saturated rings. The smallest absolute Gasteiger partial charge is 0.266 e. The van der Waals surface area contributed by atoms with Crippen LogP contribution in [0.5, 0.6) is 0 Å². The van der Waals surface area contributed by atoms with E-state index in [9.17, 15) is 0 Å². The van der Waals surface area contributed by atoms with Gasteiger partial charge in [0.2, 0.25) is 0 Å². The molecular formula is C2H4Cl4O. The van der Waals surface area contributed by atoms with Crippen molar-refractivity contribution in [3.8, 4) is 0 Å². The number of hydrogen-bond acceptors (Lipinski definition) is 1. The van der Waals surface area contributed by atoms with Crippen molar-refractivity contribution in [2.24, 2.45) is 0 Å². The van der Waals surface area contributed by atoms with Gasteiger partial charge in [0.15, 0.2) is 0 Å². The number of aliphatic hydroxyl groups excluding tert-OH is 1. The fourth-order valence-electron chi connectivity index (χ4n) is 0. The first-order valence-electron chi connectivity index (χ1n) is 1.20. The lowest BCUT2D eigenvalue weighted by atomic mass is 11.8. The molecule has 0 aliphatic carbocycles. The van der Waals surface area contributed by atoms with Crippen LogP contribution in [0.4, 0.5) is 0 Å². The van der Waals surface area contributed by atoms with Crippen LogP contribution in [0.15, 0.2) is 0 Å². The van der Waals surface area contributed by atoms with E-state index in [1.54, 1.807) is 0 Å². The van der Waals surface area contributed by atoms with Gasteiger partial charge in [0.25, 0.3) is 3.25 Å². The van der Waals surface area contributed by atoms with Crippen molar-refractivity contribution in [2.75, 3.05) is 7.11 Å². The van der Waals surface area contributed by atoms with Gasteiger partial charge in [-0.15, -0.1) is 0 Å². The van der Waals surface area contributed by atoms with Crippen molar-refractivity contribution in [1.29, 1.82) is 0 Å². The standard InChI is InChI=1S/CCl4.CH4O/c2-1(3,4)5;1-2/h;2H,1H3. The lowest BCUT2D eigenvalue weighted by molar-refractivity contribution is 0.399. The maximum absolute atomic E-state index is 7.00. The summed E-state index contributed by atoms with van der Waals surface area (Å²) >= 11 is 19.3. The fourth-order valence-corrected chi connectivity index (χ4v) is 0. The molecule has 0 bridgehead atoms. The Morgan fingerprint density at radius 3 is 1.00 bits per heavy atom. The molecule has 0 aromatic rings. The Kier molecular flexibility index (Phi) is 8.26. The molecular weight excluding hydrogens is 182 g/mol. The van der Waals surface area contributed by atoms with Crippen molar-refractivity contribution in [3.63, 3.8) is 0 Å². The Balaban J connectivity index is 0. The van der Waals surface area contributed by atoms with E-state index < -0.39 is 3.25 Å². The number of alkyl halides is 4. The van der Waals surface area contributed by atoms with Crippen molar-refractivity contribution in [3.05, 3.63) is 0 Å². The van der Waals surface area contributed by atoms with E-state index in [-0.39, 0.29) is 0 Å². The summed E-state index contributed by atoms with van der Waals surface area (Å²) in [5, 5.41) is 7.00. The minimum Gasteiger partial charge on any atom is -0.400 e. The predicted octanol–water partition coefficient (Wildman–Crippen LogP) is 2.16. The van der Waals surface area contributed by atoms with Crippen molar-refractivity contribution in [1.82, 2.24) is 0 Å². The molecule has 0 atom stereocenters. The molecule has 0 saturated heterocycles. The van der Waals surface area contributed by atoms with Crippen LogP contribution >= 0.6 is 46.4 Å². The van der Waals surface area contributed by atoms with Gasteiger partial charge in [0.1, 0.15) is 0 Å². The number of aliphatic hydroxyl groups is 1. The van der Waals surface area contributed by atoms with E-state index in [0.717, 1.165) is 7.11 Å². The second kappa shape index (κ2) is 5.26. The summed E-state index contributed by atoms with van der Waals surface area (Å²) in [6, 6.07) is 0. The SMILES string of the molecule is CO.ClC(Cl)(Cl)Cl. The Labute approximate surface area is 62.1 Å². The summed E-state index contributed by atoms with van der Waals surface area (Å²) < 4.78 is -1.61. The Morgan fingerprint density at radius 2 is 1.00 bits per heavy atom. The normalized spacial score (nSPS) is 9.43. The van der Waals surface area contributed by atoms with E-state index in [0.29, 0.717) is 0 Å². The van der Waals surface area contributed by atoms with Gasteiger partial charge >= 0.3 is 0 Å². The summed E-state index contributed by atoms with van der Waals surface area (Å²) in [6.07, 6.45) is 0. The first kappa shape index (κ1) is 11.0. The Bertz CT molecular complexity index is 25.2. The zero-order chi connectivity index (χ0) is 6.50. The molecule has 0 saturated carbocycles. The second-order valence-electron chi connectivity index (χ2n) is 0.429. The molecule has 7 heavy (non-hydrogen) atoms. The van der Waals surface area contributed by atoms with Gasteiger partial charge in [-0.05, 0) is 0 Å². The second-order valence-corrected chi connectivity index (χ2v) is 3.86. The highest BCUT2D eigenvalue weighted by Gasteiger charge is 2.11. The molecule has 0 aliphatic rings. The first-order chi connectivity index (χ1) is 3.00. The third-order valence-electron chi connectivity index (χ3n) is 0. The molecule has 0 unspecified atom stereocenters. The van der Waals surface area contributed by atoms with Gasteiger partial charge in [-0.2, -0.15) is 0 Å². The molecule has 0 aliphatic heterocycles. The summed E-state index contributed by atoms with van der Waals surface area (Å²) in [5.74, 6) is 0. The largest absolute Gasteiger partial charge is 0.400 e. The molecule has 1 N–H and O–H groups in total. The fraction of sp³-hybridized carbons (Fsp3) is 1.00.